The Kier molecular flexibility index (Phi) is 7.13. The van der Waals surface area contributed by atoms with Gasteiger partial charge in [0.1, 0.15) is 5.82 Å². The molecule has 1 aliphatic heterocycles. The molecule has 0 spiro atoms. The van der Waals surface area contributed by atoms with Crippen LogP contribution in [0.25, 0.3) is 11.0 Å². The number of aromatic amines is 1. The Morgan fingerprint density at radius 1 is 1.36 bits per heavy atom. The number of halogens is 2. The molecule has 3 N–H and O–H groups in total. The maximum Gasteiger partial charge on any atom is 0.224 e. The summed E-state index contributed by atoms with van der Waals surface area (Å²) in [6.45, 7) is 3.76. The van der Waals surface area contributed by atoms with E-state index in [9.17, 15) is 4.79 Å². The van der Waals surface area contributed by atoms with Crippen LogP contribution >= 0.6 is 24.8 Å². The fourth-order valence-electron chi connectivity index (χ4n) is 2.65. The number of hydrogen-bond acceptors (Lipinski definition) is 3. The summed E-state index contributed by atoms with van der Waals surface area (Å²) >= 11 is 0. The van der Waals surface area contributed by atoms with Gasteiger partial charge in [-0.15, -0.1) is 24.8 Å². The van der Waals surface area contributed by atoms with E-state index in [0.29, 0.717) is 0 Å². The smallest absolute Gasteiger partial charge is 0.224 e. The van der Waals surface area contributed by atoms with Crippen LogP contribution in [-0.4, -0.2) is 29.0 Å². The van der Waals surface area contributed by atoms with Crippen LogP contribution in [0.2, 0.25) is 0 Å². The van der Waals surface area contributed by atoms with Gasteiger partial charge in [0.05, 0.1) is 23.0 Å². The number of nitrogens with one attached hydrogen (secondary N) is 3. The molecule has 0 aliphatic carbocycles. The fourth-order valence-corrected chi connectivity index (χ4v) is 2.65. The fraction of sp³-hybridized carbons (Fsp3) is 0.467. The van der Waals surface area contributed by atoms with Gasteiger partial charge in [-0.3, -0.25) is 4.79 Å². The molecule has 22 heavy (non-hydrogen) atoms. The van der Waals surface area contributed by atoms with E-state index in [4.69, 9.17) is 0 Å². The van der Waals surface area contributed by atoms with Crippen molar-refractivity contribution in [2.24, 2.45) is 5.92 Å². The summed E-state index contributed by atoms with van der Waals surface area (Å²) in [6.07, 6.45) is 2.03. The van der Waals surface area contributed by atoms with Crippen molar-refractivity contribution in [2.75, 3.05) is 13.1 Å². The molecule has 2 atom stereocenters. The van der Waals surface area contributed by atoms with E-state index in [0.717, 1.165) is 42.8 Å². The molecular weight excluding hydrogens is 323 g/mol. The van der Waals surface area contributed by atoms with Crippen LogP contribution in [0.4, 0.5) is 0 Å². The monoisotopic (exact) mass is 344 g/mol. The summed E-state index contributed by atoms with van der Waals surface area (Å²) in [4.78, 5) is 20.0. The normalized spacial score (nSPS) is 18.9. The van der Waals surface area contributed by atoms with E-state index in [-0.39, 0.29) is 42.7 Å². The Bertz CT molecular complexity index is 577. The van der Waals surface area contributed by atoms with Gasteiger partial charge in [0.2, 0.25) is 5.91 Å². The molecule has 0 bridgehead atoms. The van der Waals surface area contributed by atoms with Gasteiger partial charge < -0.3 is 15.6 Å². The zero-order chi connectivity index (χ0) is 13.9. The molecule has 2 heterocycles. The molecular formula is C15H22Cl2N4O. The minimum absolute atomic E-state index is 0. The lowest BCUT2D eigenvalue weighted by molar-refractivity contribution is -0.126. The first-order valence-corrected chi connectivity index (χ1v) is 7.20. The average Bonchev–Trinajstić information content (AvgIpc) is 2.92. The molecule has 5 nitrogen and oxygen atoms in total. The lowest BCUT2D eigenvalue weighted by Crippen LogP contribution is -2.41. The summed E-state index contributed by atoms with van der Waals surface area (Å²) in [6, 6.07) is 7.79. The molecule has 122 valence electrons. The third-order valence-electron chi connectivity index (χ3n) is 3.84. The highest BCUT2D eigenvalue weighted by molar-refractivity contribution is 5.85. The number of rotatable bonds is 3. The van der Waals surface area contributed by atoms with Crippen molar-refractivity contribution in [2.45, 2.75) is 25.8 Å². The standard InChI is InChI=1S/C15H20N4O.2ClH/c1-10(17-15(20)11-5-4-8-16-9-11)14-18-12-6-2-3-7-13(12)19-14;;/h2-3,6-7,10-11,16H,4-5,8-9H2,1H3,(H,17,20)(H,18,19);2*1H. The minimum atomic E-state index is -0.100. The molecule has 1 amide bonds. The van der Waals surface area contributed by atoms with Crippen molar-refractivity contribution in [1.29, 1.82) is 0 Å². The van der Waals surface area contributed by atoms with Crippen molar-refractivity contribution in [3.63, 3.8) is 0 Å². The van der Waals surface area contributed by atoms with Gasteiger partial charge in [-0.2, -0.15) is 0 Å². The van der Waals surface area contributed by atoms with Crippen molar-refractivity contribution >= 4 is 41.8 Å². The maximum absolute atomic E-state index is 12.2. The molecule has 3 rings (SSSR count). The number of benzene rings is 1. The molecule has 1 fully saturated rings. The van der Waals surface area contributed by atoms with E-state index in [2.05, 4.69) is 20.6 Å². The molecule has 1 aromatic heterocycles. The second-order valence-electron chi connectivity index (χ2n) is 5.41. The van der Waals surface area contributed by atoms with Crippen LogP contribution < -0.4 is 10.6 Å². The highest BCUT2D eigenvalue weighted by Crippen LogP contribution is 2.17. The molecule has 7 heteroatoms. The third-order valence-corrected chi connectivity index (χ3v) is 3.84. The van der Waals surface area contributed by atoms with E-state index >= 15 is 0 Å². The lowest BCUT2D eigenvalue weighted by Gasteiger charge is -2.23. The van der Waals surface area contributed by atoms with Crippen LogP contribution in [0.15, 0.2) is 24.3 Å². The Morgan fingerprint density at radius 3 is 2.82 bits per heavy atom. The second-order valence-corrected chi connectivity index (χ2v) is 5.41. The first kappa shape index (κ1) is 18.7. The van der Waals surface area contributed by atoms with Gasteiger partial charge in [0.25, 0.3) is 0 Å². The van der Waals surface area contributed by atoms with Crippen molar-refractivity contribution < 1.29 is 4.79 Å². The Hall–Kier alpha value is -1.30. The number of hydrogen-bond donors (Lipinski definition) is 3. The number of amides is 1. The van der Waals surface area contributed by atoms with Crippen molar-refractivity contribution in [1.82, 2.24) is 20.6 Å². The highest BCUT2D eigenvalue weighted by Gasteiger charge is 2.23. The molecule has 1 aliphatic rings. The molecule has 1 aromatic carbocycles. The number of H-pyrrole nitrogens is 1. The van der Waals surface area contributed by atoms with E-state index < -0.39 is 0 Å². The van der Waals surface area contributed by atoms with Gasteiger partial charge in [-0.05, 0) is 38.4 Å². The summed E-state index contributed by atoms with van der Waals surface area (Å²) in [5, 5.41) is 6.32. The molecule has 2 unspecified atom stereocenters. The first-order chi connectivity index (χ1) is 9.74. The zero-order valence-corrected chi connectivity index (χ0v) is 14.1. The number of carbonyl (C=O) groups excluding carboxylic acids is 1. The van der Waals surface area contributed by atoms with Gasteiger partial charge in [0.15, 0.2) is 0 Å². The summed E-state index contributed by atoms with van der Waals surface area (Å²) < 4.78 is 0. The van der Waals surface area contributed by atoms with E-state index in [1.165, 1.54) is 0 Å². The Balaban J connectivity index is 0.00000121. The van der Waals surface area contributed by atoms with E-state index in [1.807, 2.05) is 31.2 Å². The quantitative estimate of drug-likeness (QED) is 0.801. The SMILES string of the molecule is CC(NC(=O)C1CCCNC1)c1nc2ccccc2[nH]1.Cl.Cl. The average molecular weight is 345 g/mol. The van der Waals surface area contributed by atoms with Crippen LogP contribution in [0.1, 0.15) is 31.6 Å². The predicted molar refractivity (Wildman–Crippen MR) is 92.7 cm³/mol. The highest BCUT2D eigenvalue weighted by atomic mass is 35.5. The van der Waals surface area contributed by atoms with Crippen LogP contribution in [-0.2, 0) is 4.79 Å². The summed E-state index contributed by atoms with van der Waals surface area (Å²) in [7, 11) is 0. The molecule has 2 aromatic rings. The van der Waals surface area contributed by atoms with Crippen molar-refractivity contribution in [3.8, 4) is 0 Å². The van der Waals surface area contributed by atoms with Crippen LogP contribution in [0, 0.1) is 5.92 Å². The second kappa shape index (κ2) is 8.36. The largest absolute Gasteiger partial charge is 0.346 e. The van der Waals surface area contributed by atoms with Gasteiger partial charge in [-0.25, -0.2) is 4.98 Å². The molecule has 0 saturated carbocycles. The van der Waals surface area contributed by atoms with Gasteiger partial charge in [-0.1, -0.05) is 12.1 Å². The van der Waals surface area contributed by atoms with Gasteiger partial charge in [0, 0.05) is 6.54 Å². The molecule has 0 radical (unpaired) electrons. The third kappa shape index (κ3) is 4.12. The number of imidazole rings is 1. The van der Waals surface area contributed by atoms with Gasteiger partial charge >= 0.3 is 0 Å². The maximum atomic E-state index is 12.2. The number of piperidine rings is 1. The first-order valence-electron chi connectivity index (χ1n) is 7.20. The summed E-state index contributed by atoms with van der Waals surface area (Å²) in [5.74, 6) is 1.00. The van der Waals surface area contributed by atoms with Crippen LogP contribution in [0.3, 0.4) is 0 Å². The Labute approximate surface area is 142 Å². The number of carbonyl (C=O) groups is 1. The molecule has 1 saturated heterocycles. The summed E-state index contributed by atoms with van der Waals surface area (Å²) in [5.41, 5.74) is 1.94. The zero-order valence-electron chi connectivity index (χ0n) is 12.5. The topological polar surface area (TPSA) is 69.8 Å². The Morgan fingerprint density at radius 2 is 2.14 bits per heavy atom. The van der Waals surface area contributed by atoms with Crippen molar-refractivity contribution in [3.05, 3.63) is 30.1 Å². The lowest BCUT2D eigenvalue weighted by atomic mass is 9.98. The number of aromatic nitrogens is 2. The number of fused-ring (bicyclic) bond motifs is 1. The number of nitrogens with zero attached hydrogens (tertiary/aromatic N) is 1. The number of para-hydroxylation sites is 2. The predicted octanol–water partition coefficient (Wildman–Crippen LogP) is 2.58. The minimum Gasteiger partial charge on any atom is -0.346 e. The van der Waals surface area contributed by atoms with E-state index in [1.54, 1.807) is 0 Å². The van der Waals surface area contributed by atoms with Crippen LogP contribution in [0.5, 0.6) is 0 Å².